The fraction of sp³-hybridized carbons (Fsp3) is 0.522. The first-order valence-electron chi connectivity index (χ1n) is 10.9. The van der Waals surface area contributed by atoms with Crippen molar-refractivity contribution in [2.75, 3.05) is 71.4 Å². The summed E-state index contributed by atoms with van der Waals surface area (Å²) in [4.78, 5) is 21.4. The summed E-state index contributed by atoms with van der Waals surface area (Å²) < 4.78 is 11.5. The highest BCUT2D eigenvalue weighted by Crippen LogP contribution is 2.28. The zero-order chi connectivity index (χ0) is 21.8. The second-order valence-corrected chi connectivity index (χ2v) is 8.36. The lowest BCUT2D eigenvalue weighted by Gasteiger charge is -2.36. The minimum Gasteiger partial charge on any atom is -0.502 e. The standard InChI is InChI=1S/C23H32N4O4/c1-24-7-9-26(10-8-24)17-22-23(29)20(28)15-18(31-22)16-25-11-13-27(14-12-25)19-5-3-4-6-21(19)30-2/h3-6,15,29H,7-14,16-17H2,1-2H3. The Labute approximate surface area is 183 Å². The van der Waals surface area contributed by atoms with Crippen molar-refractivity contribution in [2.24, 2.45) is 0 Å². The molecule has 0 unspecified atom stereocenters. The summed E-state index contributed by atoms with van der Waals surface area (Å²) in [5.41, 5.74) is 0.744. The first-order valence-corrected chi connectivity index (χ1v) is 10.9. The van der Waals surface area contributed by atoms with E-state index < -0.39 is 0 Å². The van der Waals surface area contributed by atoms with Gasteiger partial charge in [-0.25, -0.2) is 0 Å². The summed E-state index contributed by atoms with van der Waals surface area (Å²) in [6.45, 7) is 8.22. The van der Waals surface area contributed by atoms with E-state index in [-0.39, 0.29) is 11.2 Å². The minimum absolute atomic E-state index is 0.260. The van der Waals surface area contributed by atoms with Crippen molar-refractivity contribution in [3.63, 3.8) is 0 Å². The average Bonchev–Trinajstić information content (AvgIpc) is 2.79. The van der Waals surface area contributed by atoms with Crippen LogP contribution in [0.4, 0.5) is 5.69 Å². The number of aromatic hydroxyl groups is 1. The van der Waals surface area contributed by atoms with Gasteiger partial charge in [-0.1, -0.05) is 12.1 Å². The molecule has 1 N–H and O–H groups in total. The molecule has 1 aromatic heterocycles. The smallest absolute Gasteiger partial charge is 0.227 e. The Bertz CT molecular complexity index is 931. The van der Waals surface area contributed by atoms with Crippen molar-refractivity contribution in [3.8, 4) is 11.5 Å². The van der Waals surface area contributed by atoms with E-state index in [0.717, 1.165) is 63.8 Å². The van der Waals surface area contributed by atoms with Crippen molar-refractivity contribution >= 4 is 5.69 Å². The van der Waals surface area contributed by atoms with Gasteiger partial charge in [-0.3, -0.25) is 14.6 Å². The maximum absolute atomic E-state index is 12.3. The van der Waals surface area contributed by atoms with E-state index in [2.05, 4.69) is 32.7 Å². The van der Waals surface area contributed by atoms with Crippen molar-refractivity contribution in [2.45, 2.75) is 13.1 Å². The van der Waals surface area contributed by atoms with Crippen LogP contribution in [0.15, 0.2) is 39.5 Å². The van der Waals surface area contributed by atoms with Gasteiger partial charge >= 0.3 is 0 Å². The number of hydrogen-bond acceptors (Lipinski definition) is 8. The fourth-order valence-corrected chi connectivity index (χ4v) is 4.24. The largest absolute Gasteiger partial charge is 0.502 e. The number of ether oxygens (including phenoxy) is 1. The highest BCUT2D eigenvalue weighted by molar-refractivity contribution is 5.58. The van der Waals surface area contributed by atoms with Crippen LogP contribution in [-0.2, 0) is 13.1 Å². The Hall–Kier alpha value is -2.55. The SMILES string of the molecule is COc1ccccc1N1CCN(Cc2cc(=O)c(O)c(CN3CCN(C)CC3)o2)CC1. The number of methoxy groups -OCH3 is 1. The van der Waals surface area contributed by atoms with E-state index in [1.165, 1.54) is 6.07 Å². The molecule has 3 heterocycles. The predicted octanol–water partition coefficient (Wildman–Crippen LogP) is 1.42. The number of para-hydroxylation sites is 2. The summed E-state index contributed by atoms with van der Waals surface area (Å²) in [6, 6.07) is 9.49. The van der Waals surface area contributed by atoms with Gasteiger partial charge in [0.1, 0.15) is 11.5 Å². The van der Waals surface area contributed by atoms with Gasteiger partial charge in [-0.2, -0.15) is 0 Å². The zero-order valence-electron chi connectivity index (χ0n) is 18.4. The Morgan fingerprint density at radius 2 is 1.61 bits per heavy atom. The fourth-order valence-electron chi connectivity index (χ4n) is 4.24. The predicted molar refractivity (Wildman–Crippen MR) is 120 cm³/mol. The monoisotopic (exact) mass is 428 g/mol. The van der Waals surface area contributed by atoms with Crippen LogP contribution in [-0.4, -0.2) is 86.3 Å². The second kappa shape index (κ2) is 9.72. The molecule has 31 heavy (non-hydrogen) atoms. The maximum Gasteiger partial charge on any atom is 0.227 e. The van der Waals surface area contributed by atoms with Crippen molar-refractivity contribution in [3.05, 3.63) is 52.1 Å². The van der Waals surface area contributed by atoms with Gasteiger partial charge in [0.2, 0.25) is 11.2 Å². The zero-order valence-corrected chi connectivity index (χ0v) is 18.4. The number of likely N-dealkylation sites (N-methyl/N-ethyl adjacent to an activating group) is 1. The summed E-state index contributed by atoms with van der Waals surface area (Å²) in [6.07, 6.45) is 0. The molecule has 2 saturated heterocycles. The third-order valence-corrected chi connectivity index (χ3v) is 6.18. The molecule has 0 atom stereocenters. The van der Waals surface area contributed by atoms with Crippen molar-refractivity contribution in [1.82, 2.24) is 14.7 Å². The van der Waals surface area contributed by atoms with E-state index in [9.17, 15) is 9.90 Å². The quantitative estimate of drug-likeness (QED) is 0.741. The van der Waals surface area contributed by atoms with Crippen LogP contribution in [0.2, 0.25) is 0 Å². The van der Waals surface area contributed by atoms with Crippen LogP contribution in [0.5, 0.6) is 11.5 Å². The molecule has 0 radical (unpaired) electrons. The molecule has 2 aliphatic heterocycles. The van der Waals surface area contributed by atoms with Crippen molar-refractivity contribution < 1.29 is 14.3 Å². The number of benzene rings is 1. The first kappa shape index (κ1) is 21.7. The lowest BCUT2D eigenvalue weighted by molar-refractivity contribution is 0.135. The molecule has 0 spiro atoms. The van der Waals surface area contributed by atoms with Gasteiger partial charge in [0.25, 0.3) is 0 Å². The van der Waals surface area contributed by atoms with Gasteiger partial charge < -0.3 is 24.1 Å². The van der Waals surface area contributed by atoms with Gasteiger partial charge in [0, 0.05) is 58.4 Å². The molecule has 2 fully saturated rings. The molecule has 0 amide bonds. The first-order chi connectivity index (χ1) is 15.0. The van der Waals surface area contributed by atoms with Crippen LogP contribution in [0, 0.1) is 0 Å². The molecular formula is C23H32N4O4. The summed E-state index contributed by atoms with van der Waals surface area (Å²) in [5, 5.41) is 10.2. The molecule has 1 aromatic carbocycles. The molecule has 2 aliphatic rings. The highest BCUT2D eigenvalue weighted by Gasteiger charge is 2.22. The number of nitrogens with zero attached hydrogens (tertiary/aromatic N) is 4. The molecule has 8 nitrogen and oxygen atoms in total. The Balaban J connectivity index is 1.38. The molecule has 0 bridgehead atoms. The Morgan fingerprint density at radius 1 is 0.968 bits per heavy atom. The highest BCUT2D eigenvalue weighted by atomic mass is 16.5. The van der Waals surface area contributed by atoms with Crippen molar-refractivity contribution in [1.29, 1.82) is 0 Å². The average molecular weight is 429 g/mol. The normalized spacial score (nSPS) is 19.0. The van der Waals surface area contributed by atoms with E-state index in [0.29, 0.717) is 24.6 Å². The number of rotatable bonds is 6. The van der Waals surface area contributed by atoms with Gasteiger partial charge in [-0.05, 0) is 19.2 Å². The Morgan fingerprint density at radius 3 is 2.32 bits per heavy atom. The van der Waals surface area contributed by atoms with E-state index in [1.807, 2.05) is 18.2 Å². The molecule has 8 heteroatoms. The van der Waals surface area contributed by atoms with E-state index in [1.54, 1.807) is 7.11 Å². The molecule has 2 aromatic rings. The molecule has 4 rings (SSSR count). The number of hydrogen-bond donors (Lipinski definition) is 1. The van der Waals surface area contributed by atoms with Crippen LogP contribution < -0.4 is 15.1 Å². The maximum atomic E-state index is 12.3. The minimum atomic E-state index is -0.363. The number of anilines is 1. The third kappa shape index (κ3) is 5.20. The topological polar surface area (TPSA) is 72.6 Å². The molecule has 168 valence electrons. The summed E-state index contributed by atoms with van der Waals surface area (Å²) in [5.74, 6) is 1.61. The summed E-state index contributed by atoms with van der Waals surface area (Å²) >= 11 is 0. The van der Waals surface area contributed by atoms with E-state index >= 15 is 0 Å². The third-order valence-electron chi connectivity index (χ3n) is 6.18. The van der Waals surface area contributed by atoms with Gasteiger partial charge in [0.05, 0.1) is 25.9 Å². The van der Waals surface area contributed by atoms with Gasteiger partial charge in [-0.15, -0.1) is 0 Å². The van der Waals surface area contributed by atoms with Gasteiger partial charge in [0.15, 0.2) is 5.76 Å². The van der Waals surface area contributed by atoms with Crippen LogP contribution >= 0.6 is 0 Å². The van der Waals surface area contributed by atoms with E-state index in [4.69, 9.17) is 9.15 Å². The molecule has 0 aliphatic carbocycles. The summed E-state index contributed by atoms with van der Waals surface area (Å²) in [7, 11) is 3.80. The lowest BCUT2D eigenvalue weighted by Crippen LogP contribution is -2.46. The number of piperazine rings is 2. The lowest BCUT2D eigenvalue weighted by atomic mass is 10.2. The molecule has 0 saturated carbocycles. The van der Waals surface area contributed by atoms with Crippen LogP contribution in [0.25, 0.3) is 0 Å². The Kier molecular flexibility index (Phi) is 6.80. The molecular weight excluding hydrogens is 396 g/mol. The second-order valence-electron chi connectivity index (χ2n) is 8.36. The van der Waals surface area contributed by atoms with Crippen LogP contribution in [0.1, 0.15) is 11.5 Å². The van der Waals surface area contributed by atoms with Crippen LogP contribution in [0.3, 0.4) is 0 Å².